The van der Waals surface area contributed by atoms with Crippen molar-refractivity contribution in [2.75, 3.05) is 12.5 Å². The lowest BCUT2D eigenvalue weighted by molar-refractivity contribution is -0.178. The van der Waals surface area contributed by atoms with E-state index in [-0.39, 0.29) is 16.9 Å². The van der Waals surface area contributed by atoms with Crippen LogP contribution in [0.4, 0.5) is 0 Å². The molecule has 5 unspecified atom stereocenters. The highest BCUT2D eigenvalue weighted by atomic mass is 32.2. The second-order valence-corrected chi connectivity index (χ2v) is 11.4. The molecule has 0 bridgehead atoms. The average Bonchev–Trinajstić information content (AvgIpc) is 3.36. The van der Waals surface area contributed by atoms with Crippen LogP contribution in [0.1, 0.15) is 49.1 Å². The van der Waals surface area contributed by atoms with Gasteiger partial charge >= 0.3 is 0 Å². The van der Waals surface area contributed by atoms with Crippen molar-refractivity contribution in [3.8, 4) is 5.75 Å². The van der Waals surface area contributed by atoms with Crippen molar-refractivity contribution >= 4 is 35.0 Å². The molecule has 1 amide bonds. The molecule has 0 radical (unpaired) electrons. The van der Waals surface area contributed by atoms with Gasteiger partial charge in [-0.25, -0.2) is 0 Å². The number of aromatic hydroxyl groups is 1. The van der Waals surface area contributed by atoms with E-state index in [2.05, 4.69) is 0 Å². The molecule has 0 aliphatic heterocycles. The molecule has 0 heterocycles. The number of fused-ring (bicyclic) bond motifs is 3. The fourth-order valence-corrected chi connectivity index (χ4v) is 8.08. The second-order valence-electron chi connectivity index (χ2n) is 10.1. The van der Waals surface area contributed by atoms with Gasteiger partial charge in [-0.2, -0.15) is 11.8 Å². The quantitative estimate of drug-likeness (QED) is 0.232. The van der Waals surface area contributed by atoms with Gasteiger partial charge in [-0.15, -0.1) is 0 Å². The molecule has 2 saturated carbocycles. The third kappa shape index (κ3) is 3.79. The third-order valence-electron chi connectivity index (χ3n) is 8.22. The summed E-state index contributed by atoms with van der Waals surface area (Å²) in [6, 6.07) is 4.73. The van der Waals surface area contributed by atoms with Gasteiger partial charge in [0.1, 0.15) is 29.6 Å². The molecule has 37 heavy (non-hydrogen) atoms. The number of carbonyl (C=O) groups excluding carboxylic acids is 3. The largest absolute Gasteiger partial charge is 0.508 e. The van der Waals surface area contributed by atoms with E-state index in [0.717, 1.165) is 25.7 Å². The maximum absolute atomic E-state index is 14.0. The topological polar surface area (TPSA) is 188 Å². The first-order valence-electron chi connectivity index (χ1n) is 12.3. The fourth-order valence-electron chi connectivity index (χ4n) is 6.55. The summed E-state index contributed by atoms with van der Waals surface area (Å²) >= 11 is 1.71. The van der Waals surface area contributed by atoms with Crippen molar-refractivity contribution in [2.45, 2.75) is 55.0 Å². The number of nitrogens with two attached hydrogens (primary N) is 1. The summed E-state index contributed by atoms with van der Waals surface area (Å²) in [7, 11) is 0. The van der Waals surface area contributed by atoms with Gasteiger partial charge in [0.2, 0.25) is 5.78 Å². The van der Waals surface area contributed by atoms with Crippen molar-refractivity contribution < 1.29 is 44.7 Å². The smallest absolute Gasteiger partial charge is 0.255 e. The summed E-state index contributed by atoms with van der Waals surface area (Å²) in [6.45, 7) is -0.827. The van der Waals surface area contributed by atoms with Crippen LogP contribution in [-0.4, -0.2) is 72.5 Å². The van der Waals surface area contributed by atoms with Crippen LogP contribution < -0.4 is 5.73 Å². The molecule has 198 valence electrons. The van der Waals surface area contributed by atoms with Crippen molar-refractivity contribution in [3.63, 3.8) is 0 Å². The number of amides is 1. The molecular formula is C26H29NO9S. The molecule has 10 nitrogen and oxygen atoms in total. The lowest BCUT2D eigenvalue weighted by Crippen LogP contribution is -2.64. The molecule has 7 N–H and O–H groups in total. The van der Waals surface area contributed by atoms with Crippen LogP contribution in [-0.2, 0) is 19.1 Å². The highest BCUT2D eigenvalue weighted by Gasteiger charge is 2.66. The molecule has 5 rings (SSSR count). The van der Waals surface area contributed by atoms with Crippen molar-refractivity contribution in [1.82, 2.24) is 0 Å². The molecule has 0 saturated heterocycles. The van der Waals surface area contributed by atoms with Crippen LogP contribution in [0.3, 0.4) is 0 Å². The molecule has 1 aromatic carbocycles. The monoisotopic (exact) mass is 531 g/mol. The lowest BCUT2D eigenvalue weighted by Gasteiger charge is -2.52. The van der Waals surface area contributed by atoms with Crippen LogP contribution in [0, 0.1) is 11.8 Å². The molecule has 2 fully saturated rings. The highest BCUT2D eigenvalue weighted by Crippen LogP contribution is 2.57. The Morgan fingerprint density at radius 2 is 1.86 bits per heavy atom. The highest BCUT2D eigenvalue weighted by molar-refractivity contribution is 7.99. The van der Waals surface area contributed by atoms with Crippen LogP contribution >= 0.6 is 11.8 Å². The van der Waals surface area contributed by atoms with Crippen LogP contribution in [0.15, 0.2) is 35.1 Å². The second kappa shape index (κ2) is 9.46. The molecular weight excluding hydrogens is 502 g/mol. The number of ketones is 2. The zero-order valence-electron chi connectivity index (χ0n) is 19.9. The van der Waals surface area contributed by atoms with Gasteiger partial charge in [0.05, 0.1) is 11.7 Å². The Morgan fingerprint density at radius 3 is 2.51 bits per heavy atom. The summed E-state index contributed by atoms with van der Waals surface area (Å²) in [6.07, 6.45) is 2.59. The number of benzene rings is 1. The molecule has 0 aromatic heterocycles. The normalized spacial score (nSPS) is 31.8. The number of primary amides is 1. The van der Waals surface area contributed by atoms with E-state index in [1.165, 1.54) is 6.07 Å². The number of phenolic OH excluding ortho intramolecular Hbond substituents is 1. The van der Waals surface area contributed by atoms with E-state index < -0.39 is 77.2 Å². The van der Waals surface area contributed by atoms with Crippen LogP contribution in [0.2, 0.25) is 0 Å². The molecule has 5 atom stereocenters. The first kappa shape index (κ1) is 25.8. The lowest BCUT2D eigenvalue weighted by atomic mass is 9.55. The van der Waals surface area contributed by atoms with E-state index >= 15 is 0 Å². The zero-order chi connectivity index (χ0) is 26.6. The summed E-state index contributed by atoms with van der Waals surface area (Å²) in [5, 5.41) is 54.6. The average molecular weight is 532 g/mol. The van der Waals surface area contributed by atoms with Crippen LogP contribution in [0.25, 0.3) is 5.76 Å². The Bertz CT molecular complexity index is 1230. The Morgan fingerprint density at radius 1 is 1.16 bits per heavy atom. The number of Topliss-reactive ketones (excluding diaryl/α,β-unsaturated/α-hetero) is 2. The zero-order valence-corrected chi connectivity index (χ0v) is 20.7. The third-order valence-corrected chi connectivity index (χ3v) is 9.71. The number of hydrogen-bond acceptors (Lipinski definition) is 10. The number of rotatable bonds is 6. The summed E-state index contributed by atoms with van der Waals surface area (Å²) < 4.78 is 5.65. The van der Waals surface area contributed by atoms with Gasteiger partial charge in [-0.3, -0.25) is 14.4 Å². The molecule has 0 spiro atoms. The number of carbonyl (C=O) groups is 3. The van der Waals surface area contributed by atoms with Crippen molar-refractivity contribution in [2.24, 2.45) is 17.6 Å². The molecule has 4 aliphatic rings. The predicted octanol–water partition coefficient (Wildman–Crippen LogP) is 1.59. The van der Waals surface area contributed by atoms with Gasteiger partial charge in [0.25, 0.3) is 5.91 Å². The van der Waals surface area contributed by atoms with E-state index in [0.29, 0.717) is 16.6 Å². The van der Waals surface area contributed by atoms with E-state index in [1.54, 1.807) is 23.9 Å². The molecule has 4 aliphatic carbocycles. The molecule has 1 aromatic rings. The predicted molar refractivity (Wildman–Crippen MR) is 132 cm³/mol. The summed E-state index contributed by atoms with van der Waals surface area (Å²) in [4.78, 5) is 38.7. The van der Waals surface area contributed by atoms with Crippen molar-refractivity contribution in [1.29, 1.82) is 0 Å². The standard InChI is InChI=1S/C26H29NO9S/c27-25(34)19-16(30)8-14-22(36-10-28)18-13(9-37-11-4-1-2-5-11)12-6-3-7-15(29)17(12)21(31)20(18)24(33)26(14,35)23(19)32/h3,6-7,11,13-14,18,22,28-29,31-32,35H,1-2,4-5,8-10H2,(H2,27,34). The first-order chi connectivity index (χ1) is 17.6. The minimum Gasteiger partial charge on any atom is -0.508 e. The number of aliphatic hydroxyl groups excluding tert-OH is 3. The van der Waals surface area contributed by atoms with E-state index in [4.69, 9.17) is 10.5 Å². The molecule has 11 heteroatoms. The van der Waals surface area contributed by atoms with Gasteiger partial charge < -0.3 is 36.0 Å². The van der Waals surface area contributed by atoms with Gasteiger partial charge in [0.15, 0.2) is 11.4 Å². The maximum atomic E-state index is 14.0. The van der Waals surface area contributed by atoms with Gasteiger partial charge in [0, 0.05) is 40.8 Å². The van der Waals surface area contributed by atoms with E-state index in [1.807, 2.05) is 0 Å². The number of phenols is 1. The minimum absolute atomic E-state index is 0.0365. The van der Waals surface area contributed by atoms with Crippen LogP contribution in [0.5, 0.6) is 5.75 Å². The van der Waals surface area contributed by atoms with Gasteiger partial charge in [-0.05, 0) is 24.5 Å². The Labute approximate surface area is 216 Å². The van der Waals surface area contributed by atoms with E-state index in [9.17, 15) is 39.9 Å². The number of aliphatic hydroxyl groups is 4. The number of thioether (sulfide) groups is 1. The Balaban J connectivity index is 1.72. The summed E-state index contributed by atoms with van der Waals surface area (Å²) in [5.41, 5.74) is 1.88. The Kier molecular flexibility index (Phi) is 6.59. The number of hydrogen-bond donors (Lipinski definition) is 6. The number of ether oxygens (including phenoxy) is 1. The maximum Gasteiger partial charge on any atom is 0.255 e. The fraction of sp³-hybridized carbons (Fsp3) is 0.500. The minimum atomic E-state index is -2.80. The summed E-state index contributed by atoms with van der Waals surface area (Å²) in [5.74, 6) is -7.62. The first-order valence-corrected chi connectivity index (χ1v) is 13.3. The van der Waals surface area contributed by atoms with Gasteiger partial charge in [-0.1, -0.05) is 25.0 Å². The van der Waals surface area contributed by atoms with Crippen molar-refractivity contribution in [3.05, 3.63) is 46.2 Å². The Hall–Kier alpha value is -2.86. The SMILES string of the molecule is NC(=O)C1=C(O)C2(O)C(=O)C3=C(O)c4c(O)cccc4C(CSC4CCCC4)C3C(OCO)C2CC1=O.